The highest BCUT2D eigenvalue weighted by molar-refractivity contribution is 5.40. The molecule has 0 aromatic carbocycles. The zero-order valence-corrected chi connectivity index (χ0v) is 10.2. The Bertz CT molecular complexity index is 493. The van der Waals surface area contributed by atoms with Gasteiger partial charge in [0.2, 0.25) is 5.95 Å². The number of nitrogens with zero attached hydrogens (tertiary/aromatic N) is 5. The molecule has 2 N–H and O–H groups in total. The van der Waals surface area contributed by atoms with Crippen molar-refractivity contribution in [1.29, 1.82) is 0 Å². The lowest BCUT2D eigenvalue weighted by molar-refractivity contribution is 0.791. The number of anilines is 2. The summed E-state index contributed by atoms with van der Waals surface area (Å²) < 4.78 is 0. The molecule has 1 saturated heterocycles. The third-order valence-corrected chi connectivity index (χ3v) is 3.05. The van der Waals surface area contributed by atoms with Crippen LogP contribution >= 0.6 is 0 Å². The van der Waals surface area contributed by atoms with Gasteiger partial charge in [-0.15, -0.1) is 5.10 Å². The van der Waals surface area contributed by atoms with Gasteiger partial charge < -0.3 is 10.2 Å². The summed E-state index contributed by atoms with van der Waals surface area (Å²) in [7, 11) is 0. The van der Waals surface area contributed by atoms with Gasteiger partial charge in [-0.3, -0.25) is 0 Å². The molecule has 2 aromatic rings. The van der Waals surface area contributed by atoms with E-state index >= 15 is 0 Å². The molecule has 7 nitrogen and oxygen atoms in total. The van der Waals surface area contributed by atoms with Crippen LogP contribution in [0.15, 0.2) is 18.5 Å². The van der Waals surface area contributed by atoms with E-state index in [4.69, 9.17) is 0 Å². The summed E-state index contributed by atoms with van der Waals surface area (Å²) in [6.45, 7) is 3.82. The fourth-order valence-corrected chi connectivity index (χ4v) is 2.12. The van der Waals surface area contributed by atoms with Gasteiger partial charge in [-0.05, 0) is 25.5 Å². The molecule has 0 bridgehead atoms. The highest BCUT2D eigenvalue weighted by atomic mass is 15.3. The first-order chi connectivity index (χ1) is 8.81. The third-order valence-electron chi connectivity index (χ3n) is 3.05. The molecule has 0 aliphatic carbocycles. The van der Waals surface area contributed by atoms with Gasteiger partial charge in [-0.1, -0.05) is 0 Å². The largest absolute Gasteiger partial charge is 0.353 e. The van der Waals surface area contributed by atoms with E-state index < -0.39 is 0 Å². The fourth-order valence-electron chi connectivity index (χ4n) is 2.12. The summed E-state index contributed by atoms with van der Waals surface area (Å²) in [4.78, 5) is 6.29. The van der Waals surface area contributed by atoms with Gasteiger partial charge in [0.25, 0.3) is 0 Å². The first kappa shape index (κ1) is 10.9. The minimum atomic E-state index is 0.362. The summed E-state index contributed by atoms with van der Waals surface area (Å²) >= 11 is 0. The molecule has 18 heavy (non-hydrogen) atoms. The van der Waals surface area contributed by atoms with E-state index in [-0.39, 0.29) is 0 Å². The predicted octanol–water partition coefficient (Wildman–Crippen LogP) is 0.594. The summed E-state index contributed by atoms with van der Waals surface area (Å²) in [5.74, 6) is 1.65. The van der Waals surface area contributed by atoms with Crippen LogP contribution in [0, 0.1) is 6.92 Å². The van der Waals surface area contributed by atoms with Gasteiger partial charge in [-0.2, -0.15) is 10.2 Å². The molecule has 0 spiro atoms. The van der Waals surface area contributed by atoms with Crippen LogP contribution in [-0.2, 0) is 0 Å². The summed E-state index contributed by atoms with van der Waals surface area (Å²) in [6, 6.07) is 4.36. The van der Waals surface area contributed by atoms with Crippen molar-refractivity contribution in [3.63, 3.8) is 0 Å². The van der Waals surface area contributed by atoms with Crippen molar-refractivity contribution in [3.8, 4) is 0 Å². The van der Waals surface area contributed by atoms with Gasteiger partial charge in [0.15, 0.2) is 5.82 Å². The molecule has 0 saturated carbocycles. The van der Waals surface area contributed by atoms with Crippen LogP contribution < -0.4 is 10.2 Å². The summed E-state index contributed by atoms with van der Waals surface area (Å²) in [5, 5.41) is 18.2. The van der Waals surface area contributed by atoms with Crippen LogP contribution in [-0.4, -0.2) is 44.5 Å². The highest BCUT2D eigenvalue weighted by Crippen LogP contribution is 2.18. The minimum absolute atomic E-state index is 0.362. The van der Waals surface area contributed by atoms with Crippen molar-refractivity contribution in [2.45, 2.75) is 19.4 Å². The Morgan fingerprint density at radius 3 is 3.06 bits per heavy atom. The Labute approximate surface area is 105 Å². The SMILES string of the molecule is Cc1ccc(N2CCC(Nc3ncn[nH]3)C2)nn1. The lowest BCUT2D eigenvalue weighted by atomic mass is 10.3. The maximum absolute atomic E-state index is 4.20. The second-order valence-corrected chi connectivity index (χ2v) is 4.44. The van der Waals surface area contributed by atoms with E-state index in [9.17, 15) is 0 Å². The molecule has 3 heterocycles. The van der Waals surface area contributed by atoms with E-state index in [1.165, 1.54) is 6.33 Å². The second-order valence-electron chi connectivity index (χ2n) is 4.44. The summed E-state index contributed by atoms with van der Waals surface area (Å²) in [5.41, 5.74) is 0.939. The van der Waals surface area contributed by atoms with Gasteiger partial charge in [0, 0.05) is 19.1 Å². The number of nitrogens with one attached hydrogen (secondary N) is 2. The van der Waals surface area contributed by atoms with Crippen LogP contribution in [0.5, 0.6) is 0 Å². The molecule has 1 atom stereocenters. The predicted molar refractivity (Wildman–Crippen MR) is 67.4 cm³/mol. The molecule has 0 radical (unpaired) electrons. The van der Waals surface area contributed by atoms with Crippen molar-refractivity contribution < 1.29 is 0 Å². The van der Waals surface area contributed by atoms with E-state index in [1.807, 2.05) is 19.1 Å². The van der Waals surface area contributed by atoms with Crippen molar-refractivity contribution in [2.24, 2.45) is 0 Å². The molecule has 1 unspecified atom stereocenters. The van der Waals surface area contributed by atoms with E-state index in [0.717, 1.165) is 37.0 Å². The molecule has 1 aliphatic rings. The Hall–Kier alpha value is -2.18. The minimum Gasteiger partial charge on any atom is -0.353 e. The molecule has 1 fully saturated rings. The standard InChI is InChI=1S/C11H15N7/c1-8-2-3-10(16-15-8)18-5-4-9(6-18)14-11-12-7-13-17-11/h2-3,7,9H,4-6H2,1H3,(H2,12,13,14,17). The van der Waals surface area contributed by atoms with E-state index in [2.05, 4.69) is 35.6 Å². The van der Waals surface area contributed by atoms with Crippen molar-refractivity contribution in [1.82, 2.24) is 25.4 Å². The number of rotatable bonds is 3. The van der Waals surface area contributed by atoms with Crippen LogP contribution in [0.1, 0.15) is 12.1 Å². The average Bonchev–Trinajstić information content (AvgIpc) is 3.02. The van der Waals surface area contributed by atoms with Crippen LogP contribution in [0.25, 0.3) is 0 Å². The lowest BCUT2D eigenvalue weighted by Crippen LogP contribution is -2.27. The monoisotopic (exact) mass is 245 g/mol. The van der Waals surface area contributed by atoms with Crippen molar-refractivity contribution >= 4 is 11.8 Å². The molecule has 7 heteroatoms. The first-order valence-corrected chi connectivity index (χ1v) is 5.98. The van der Waals surface area contributed by atoms with Crippen LogP contribution in [0.3, 0.4) is 0 Å². The number of aromatic nitrogens is 5. The number of hydrogen-bond acceptors (Lipinski definition) is 6. The summed E-state index contributed by atoms with van der Waals surface area (Å²) in [6.07, 6.45) is 2.55. The second kappa shape index (κ2) is 4.59. The van der Waals surface area contributed by atoms with Gasteiger partial charge in [0.05, 0.1) is 5.69 Å². The zero-order valence-electron chi connectivity index (χ0n) is 10.2. The molecule has 94 valence electrons. The number of aryl methyl sites for hydroxylation is 1. The molecule has 0 amide bonds. The molecule has 2 aromatic heterocycles. The molecule has 3 rings (SSSR count). The topological polar surface area (TPSA) is 82.6 Å². The fraction of sp³-hybridized carbons (Fsp3) is 0.455. The Morgan fingerprint density at radius 2 is 2.33 bits per heavy atom. The zero-order chi connectivity index (χ0) is 12.4. The van der Waals surface area contributed by atoms with Crippen LogP contribution in [0.4, 0.5) is 11.8 Å². The third kappa shape index (κ3) is 2.24. The maximum Gasteiger partial charge on any atom is 0.218 e. The number of H-pyrrole nitrogens is 1. The van der Waals surface area contributed by atoms with E-state index in [1.54, 1.807) is 0 Å². The highest BCUT2D eigenvalue weighted by Gasteiger charge is 2.24. The molecular weight excluding hydrogens is 230 g/mol. The Balaban J connectivity index is 1.63. The average molecular weight is 245 g/mol. The lowest BCUT2D eigenvalue weighted by Gasteiger charge is -2.17. The quantitative estimate of drug-likeness (QED) is 0.823. The van der Waals surface area contributed by atoms with Gasteiger partial charge >= 0.3 is 0 Å². The van der Waals surface area contributed by atoms with Gasteiger partial charge in [-0.25, -0.2) is 10.1 Å². The van der Waals surface area contributed by atoms with Crippen molar-refractivity contribution in [3.05, 3.63) is 24.2 Å². The Kier molecular flexibility index (Phi) is 2.79. The molecular formula is C11H15N7. The smallest absolute Gasteiger partial charge is 0.218 e. The van der Waals surface area contributed by atoms with Gasteiger partial charge in [0.1, 0.15) is 6.33 Å². The maximum atomic E-state index is 4.20. The van der Waals surface area contributed by atoms with E-state index in [0.29, 0.717) is 6.04 Å². The number of aromatic amines is 1. The Morgan fingerprint density at radius 1 is 1.39 bits per heavy atom. The van der Waals surface area contributed by atoms with Crippen molar-refractivity contribution in [2.75, 3.05) is 23.3 Å². The molecule has 1 aliphatic heterocycles. The van der Waals surface area contributed by atoms with Crippen LogP contribution in [0.2, 0.25) is 0 Å². The number of hydrogen-bond donors (Lipinski definition) is 2. The normalized spacial score (nSPS) is 19.2. The first-order valence-electron chi connectivity index (χ1n) is 5.98.